The van der Waals surface area contributed by atoms with Crippen LogP contribution in [-0.4, -0.2) is 26.4 Å². The molecule has 2 rings (SSSR count). The van der Waals surface area contributed by atoms with E-state index in [2.05, 4.69) is 4.98 Å². The number of carboxylic acid groups (broad SMARTS) is 1. The number of aryl methyl sites for hydroxylation is 1. The molecular formula is C13H14N2O3. The molecule has 0 amide bonds. The van der Waals surface area contributed by atoms with E-state index in [0.29, 0.717) is 5.56 Å². The highest BCUT2D eigenvalue weighted by Crippen LogP contribution is 2.18. The highest BCUT2D eigenvalue weighted by molar-refractivity contribution is 6.01. The molecule has 0 aliphatic carbocycles. The number of rotatable bonds is 4. The van der Waals surface area contributed by atoms with E-state index < -0.39 is 11.9 Å². The maximum atomic E-state index is 12.0. The molecule has 18 heavy (non-hydrogen) atoms. The number of aliphatic carboxylic acids is 1. The highest BCUT2D eigenvalue weighted by atomic mass is 16.4. The van der Waals surface area contributed by atoms with Gasteiger partial charge in [-0.05, 0) is 18.2 Å². The van der Waals surface area contributed by atoms with Crippen molar-refractivity contribution in [1.29, 1.82) is 0 Å². The molecule has 0 radical (unpaired) electrons. The zero-order valence-electron chi connectivity index (χ0n) is 10.3. The van der Waals surface area contributed by atoms with E-state index in [1.54, 1.807) is 25.4 Å². The zero-order valence-corrected chi connectivity index (χ0v) is 10.3. The lowest BCUT2D eigenvalue weighted by Crippen LogP contribution is -2.15. The summed E-state index contributed by atoms with van der Waals surface area (Å²) < 4.78 is 1.87. The minimum atomic E-state index is -0.963. The number of hydrogen-bond donors (Lipinski definition) is 1. The van der Waals surface area contributed by atoms with Crippen molar-refractivity contribution >= 4 is 22.8 Å². The summed E-state index contributed by atoms with van der Waals surface area (Å²) in [5.41, 5.74) is 2.19. The number of Topliss-reactive ketones (excluding diaryl/α,β-unsaturated/α-hetero) is 1. The maximum absolute atomic E-state index is 12.0. The Bertz CT molecular complexity index is 616. The van der Waals surface area contributed by atoms with E-state index in [-0.39, 0.29) is 12.2 Å². The molecule has 2 aromatic rings. The quantitative estimate of drug-likeness (QED) is 0.836. The second-order valence-corrected chi connectivity index (χ2v) is 4.42. The van der Waals surface area contributed by atoms with Crippen LogP contribution in [0.4, 0.5) is 0 Å². The number of hydrogen-bond acceptors (Lipinski definition) is 3. The first kappa shape index (κ1) is 12.3. The standard InChI is InChI=1S/C13H14N2O3/c1-8(5-12(16)17)13(18)9-3-4-11-10(6-9)14-7-15(11)2/h3-4,6-8H,5H2,1-2H3,(H,16,17). The van der Waals surface area contributed by atoms with Crippen LogP contribution in [0.15, 0.2) is 24.5 Å². The first-order chi connectivity index (χ1) is 8.49. The molecule has 0 saturated carbocycles. The molecule has 0 aliphatic heterocycles. The third-order valence-corrected chi connectivity index (χ3v) is 2.94. The lowest BCUT2D eigenvalue weighted by Gasteiger charge is -2.07. The van der Waals surface area contributed by atoms with Gasteiger partial charge in [0.15, 0.2) is 5.78 Å². The van der Waals surface area contributed by atoms with E-state index in [4.69, 9.17) is 5.11 Å². The Morgan fingerprint density at radius 1 is 1.44 bits per heavy atom. The van der Waals surface area contributed by atoms with Crippen LogP contribution < -0.4 is 0 Å². The largest absolute Gasteiger partial charge is 0.481 e. The number of carboxylic acids is 1. The van der Waals surface area contributed by atoms with Crippen LogP contribution in [0, 0.1) is 5.92 Å². The van der Waals surface area contributed by atoms with Crippen molar-refractivity contribution in [3.63, 3.8) is 0 Å². The smallest absolute Gasteiger partial charge is 0.304 e. The third-order valence-electron chi connectivity index (χ3n) is 2.94. The normalized spacial score (nSPS) is 12.6. The van der Waals surface area contributed by atoms with Crippen molar-refractivity contribution in [2.24, 2.45) is 13.0 Å². The van der Waals surface area contributed by atoms with Gasteiger partial charge in [0, 0.05) is 18.5 Å². The van der Waals surface area contributed by atoms with Crippen molar-refractivity contribution < 1.29 is 14.7 Å². The SMILES string of the molecule is CC(CC(=O)O)C(=O)c1ccc2c(c1)ncn2C. The Kier molecular flexibility index (Phi) is 3.14. The first-order valence-electron chi connectivity index (χ1n) is 5.66. The topological polar surface area (TPSA) is 72.2 Å². The molecule has 1 aromatic carbocycles. The van der Waals surface area contributed by atoms with E-state index in [1.165, 1.54) is 0 Å². The Hall–Kier alpha value is -2.17. The molecule has 0 aliphatic rings. The van der Waals surface area contributed by atoms with Crippen molar-refractivity contribution in [3.05, 3.63) is 30.1 Å². The Balaban J connectivity index is 2.30. The zero-order chi connectivity index (χ0) is 13.3. The van der Waals surface area contributed by atoms with E-state index >= 15 is 0 Å². The van der Waals surface area contributed by atoms with Crippen LogP contribution in [0.3, 0.4) is 0 Å². The van der Waals surface area contributed by atoms with Crippen LogP contribution in [-0.2, 0) is 11.8 Å². The second-order valence-electron chi connectivity index (χ2n) is 4.42. The van der Waals surface area contributed by atoms with Gasteiger partial charge in [0.2, 0.25) is 0 Å². The van der Waals surface area contributed by atoms with Crippen LogP contribution in [0.25, 0.3) is 11.0 Å². The number of carbonyl (C=O) groups excluding carboxylic acids is 1. The van der Waals surface area contributed by atoms with E-state index in [9.17, 15) is 9.59 Å². The summed E-state index contributed by atoms with van der Waals surface area (Å²) >= 11 is 0. The van der Waals surface area contributed by atoms with Gasteiger partial charge >= 0.3 is 5.97 Å². The fraction of sp³-hybridized carbons (Fsp3) is 0.308. The van der Waals surface area contributed by atoms with Crippen LogP contribution in [0.2, 0.25) is 0 Å². The summed E-state index contributed by atoms with van der Waals surface area (Å²) in [6, 6.07) is 5.24. The first-order valence-corrected chi connectivity index (χ1v) is 5.66. The Morgan fingerprint density at radius 2 is 2.17 bits per heavy atom. The van der Waals surface area contributed by atoms with E-state index in [1.807, 2.05) is 17.7 Å². The fourth-order valence-corrected chi connectivity index (χ4v) is 1.93. The molecule has 1 aromatic heterocycles. The molecule has 1 unspecified atom stereocenters. The van der Waals surface area contributed by atoms with Crippen LogP contribution in [0.5, 0.6) is 0 Å². The number of fused-ring (bicyclic) bond motifs is 1. The average Bonchev–Trinajstić information content (AvgIpc) is 2.69. The van der Waals surface area contributed by atoms with Gasteiger partial charge in [0.05, 0.1) is 23.8 Å². The molecule has 0 spiro atoms. The molecule has 5 heteroatoms. The highest BCUT2D eigenvalue weighted by Gasteiger charge is 2.18. The number of ketones is 1. The summed E-state index contributed by atoms with van der Waals surface area (Å²) in [5, 5.41) is 8.69. The molecule has 0 saturated heterocycles. The lowest BCUT2D eigenvalue weighted by atomic mass is 9.96. The van der Waals surface area contributed by atoms with Crippen molar-refractivity contribution in [2.75, 3.05) is 0 Å². The molecule has 94 valence electrons. The average molecular weight is 246 g/mol. The number of imidazole rings is 1. The van der Waals surface area contributed by atoms with Gasteiger partial charge in [-0.2, -0.15) is 0 Å². The lowest BCUT2D eigenvalue weighted by molar-refractivity contribution is -0.137. The predicted octanol–water partition coefficient (Wildman–Crippen LogP) is 1.87. The molecular weight excluding hydrogens is 232 g/mol. The van der Waals surface area contributed by atoms with Crippen molar-refractivity contribution in [3.8, 4) is 0 Å². The minimum Gasteiger partial charge on any atom is -0.481 e. The van der Waals surface area contributed by atoms with Crippen LogP contribution in [0.1, 0.15) is 23.7 Å². The summed E-state index contributed by atoms with van der Waals surface area (Å²) in [6.07, 6.45) is 1.53. The summed E-state index contributed by atoms with van der Waals surface area (Å²) in [5.74, 6) is -1.65. The van der Waals surface area contributed by atoms with Crippen molar-refractivity contribution in [2.45, 2.75) is 13.3 Å². The predicted molar refractivity (Wildman–Crippen MR) is 66.5 cm³/mol. The van der Waals surface area contributed by atoms with Gasteiger partial charge < -0.3 is 9.67 Å². The molecule has 0 fully saturated rings. The van der Waals surface area contributed by atoms with Gasteiger partial charge in [-0.1, -0.05) is 6.92 Å². The molecule has 1 atom stereocenters. The molecule has 1 N–H and O–H groups in total. The second kappa shape index (κ2) is 4.60. The minimum absolute atomic E-state index is 0.154. The number of carbonyl (C=O) groups is 2. The van der Waals surface area contributed by atoms with Gasteiger partial charge in [-0.25, -0.2) is 4.98 Å². The third kappa shape index (κ3) is 2.25. The van der Waals surface area contributed by atoms with Gasteiger partial charge in [0.1, 0.15) is 0 Å². The summed E-state index contributed by atoms with van der Waals surface area (Å²) in [7, 11) is 1.88. The number of aromatic nitrogens is 2. The molecule has 0 bridgehead atoms. The summed E-state index contributed by atoms with van der Waals surface area (Å²) in [6.45, 7) is 1.62. The fourth-order valence-electron chi connectivity index (χ4n) is 1.93. The van der Waals surface area contributed by atoms with Gasteiger partial charge in [-0.15, -0.1) is 0 Å². The van der Waals surface area contributed by atoms with Crippen LogP contribution >= 0.6 is 0 Å². The summed E-state index contributed by atoms with van der Waals surface area (Å²) in [4.78, 5) is 26.8. The maximum Gasteiger partial charge on any atom is 0.304 e. The monoisotopic (exact) mass is 246 g/mol. The Labute approximate surface area is 104 Å². The van der Waals surface area contributed by atoms with Gasteiger partial charge in [-0.3, -0.25) is 9.59 Å². The van der Waals surface area contributed by atoms with Gasteiger partial charge in [0.25, 0.3) is 0 Å². The number of benzene rings is 1. The number of nitrogens with zero attached hydrogens (tertiary/aromatic N) is 2. The Morgan fingerprint density at radius 3 is 2.83 bits per heavy atom. The molecule has 1 heterocycles. The van der Waals surface area contributed by atoms with E-state index in [0.717, 1.165) is 11.0 Å². The molecule has 5 nitrogen and oxygen atoms in total. The van der Waals surface area contributed by atoms with Crippen molar-refractivity contribution in [1.82, 2.24) is 9.55 Å².